The lowest BCUT2D eigenvalue weighted by molar-refractivity contribution is -0.139. The van der Waals surface area contributed by atoms with E-state index in [-0.39, 0.29) is 11.9 Å². The minimum Gasteiger partial charge on any atom is -0.478 e. The Balaban J connectivity index is 2.79. The maximum Gasteiger partial charge on any atom is 0.333 e. The van der Waals surface area contributed by atoms with Crippen molar-refractivity contribution in [3.05, 3.63) is 53.6 Å². The Morgan fingerprint density at radius 1 is 1.30 bits per heavy atom. The molecule has 0 amide bonds. The van der Waals surface area contributed by atoms with E-state index < -0.39 is 5.97 Å². The molecule has 1 N–H and O–H groups in total. The van der Waals surface area contributed by atoms with E-state index in [4.69, 9.17) is 9.84 Å². The van der Waals surface area contributed by atoms with Crippen LogP contribution in [0, 0.1) is 0 Å². The van der Waals surface area contributed by atoms with Crippen LogP contribution in [0.4, 0.5) is 0 Å². The third-order valence-corrected chi connectivity index (χ3v) is 3.50. The van der Waals surface area contributed by atoms with Crippen molar-refractivity contribution in [2.45, 2.75) is 39.0 Å². The summed E-state index contributed by atoms with van der Waals surface area (Å²) < 4.78 is 5.30. The molecule has 0 saturated heterocycles. The van der Waals surface area contributed by atoms with Gasteiger partial charge in [0.2, 0.25) is 0 Å². The third-order valence-electron chi connectivity index (χ3n) is 3.50. The van der Waals surface area contributed by atoms with E-state index in [1.54, 1.807) is 13.0 Å². The van der Waals surface area contributed by atoms with Crippen LogP contribution in [0.15, 0.2) is 42.5 Å². The zero-order chi connectivity index (χ0) is 17.2. The summed E-state index contributed by atoms with van der Waals surface area (Å²) in [5, 5.41) is 8.64. The average Bonchev–Trinajstić information content (AvgIpc) is 2.53. The lowest BCUT2D eigenvalue weighted by Gasteiger charge is -2.17. The molecule has 124 valence electrons. The smallest absolute Gasteiger partial charge is 0.333 e. The fraction of sp³-hybridized carbons (Fsp3) is 0.368. The fourth-order valence-corrected chi connectivity index (χ4v) is 2.14. The Morgan fingerprint density at radius 2 is 1.96 bits per heavy atom. The average molecular weight is 316 g/mol. The fourth-order valence-electron chi connectivity index (χ4n) is 2.14. The monoisotopic (exact) mass is 316 g/mol. The number of esters is 1. The van der Waals surface area contributed by atoms with Gasteiger partial charge in [-0.2, -0.15) is 0 Å². The molecule has 1 unspecified atom stereocenters. The van der Waals surface area contributed by atoms with Crippen LogP contribution < -0.4 is 0 Å². The molecule has 4 heteroatoms. The first-order valence-electron chi connectivity index (χ1n) is 7.77. The van der Waals surface area contributed by atoms with E-state index in [0.717, 1.165) is 36.5 Å². The highest BCUT2D eigenvalue weighted by atomic mass is 16.5. The lowest BCUT2D eigenvalue weighted by Crippen LogP contribution is -2.13. The Hall–Kier alpha value is -2.36. The van der Waals surface area contributed by atoms with Crippen LogP contribution in [0.25, 0.3) is 6.08 Å². The third kappa shape index (κ3) is 6.96. The number of rotatable bonds is 9. The van der Waals surface area contributed by atoms with Gasteiger partial charge in [-0.25, -0.2) is 9.59 Å². The Labute approximate surface area is 137 Å². The van der Waals surface area contributed by atoms with E-state index >= 15 is 0 Å². The van der Waals surface area contributed by atoms with Crippen LogP contribution >= 0.6 is 0 Å². The van der Waals surface area contributed by atoms with Crippen LogP contribution in [0.3, 0.4) is 0 Å². The molecular formula is C19H24O4. The zero-order valence-electron chi connectivity index (χ0n) is 13.7. The van der Waals surface area contributed by atoms with Crippen molar-refractivity contribution in [1.29, 1.82) is 0 Å². The summed E-state index contributed by atoms with van der Waals surface area (Å²) in [6, 6.07) is 7.65. The first kappa shape index (κ1) is 18.7. The Kier molecular flexibility index (Phi) is 7.81. The van der Waals surface area contributed by atoms with Crippen LogP contribution in [0.2, 0.25) is 0 Å². The molecule has 0 fully saturated rings. The summed E-state index contributed by atoms with van der Waals surface area (Å²) >= 11 is 0. The van der Waals surface area contributed by atoms with Gasteiger partial charge in [0.05, 0.1) is 6.61 Å². The number of hydrogen-bond donors (Lipinski definition) is 1. The second-order valence-corrected chi connectivity index (χ2v) is 5.56. The van der Waals surface area contributed by atoms with Crippen molar-refractivity contribution < 1.29 is 19.4 Å². The lowest BCUT2D eigenvalue weighted by atomic mass is 9.93. The van der Waals surface area contributed by atoms with Crippen LogP contribution in [0.5, 0.6) is 0 Å². The molecule has 23 heavy (non-hydrogen) atoms. The summed E-state index contributed by atoms with van der Waals surface area (Å²) in [6.07, 6.45) is 5.72. The molecule has 4 nitrogen and oxygen atoms in total. The van der Waals surface area contributed by atoms with Crippen LogP contribution in [0.1, 0.15) is 50.2 Å². The molecule has 0 aromatic heterocycles. The largest absolute Gasteiger partial charge is 0.478 e. The first-order valence-corrected chi connectivity index (χ1v) is 7.77. The number of carbonyl (C=O) groups excluding carboxylic acids is 1. The molecule has 1 atom stereocenters. The summed E-state index contributed by atoms with van der Waals surface area (Å²) in [5.41, 5.74) is 2.30. The number of unbranched alkanes of at least 4 members (excludes halogenated alkanes) is 1. The van der Waals surface area contributed by atoms with Crippen LogP contribution in [-0.4, -0.2) is 23.7 Å². The zero-order valence-corrected chi connectivity index (χ0v) is 13.7. The second-order valence-electron chi connectivity index (χ2n) is 5.56. The number of carbonyl (C=O) groups is 2. The quantitative estimate of drug-likeness (QED) is 0.548. The number of benzene rings is 1. The number of carboxylic acids is 1. The molecule has 0 saturated carbocycles. The minimum atomic E-state index is -0.971. The maximum atomic E-state index is 11.6. The summed E-state index contributed by atoms with van der Waals surface area (Å²) in [7, 11) is 0. The Bertz CT molecular complexity index is 570. The van der Waals surface area contributed by atoms with Gasteiger partial charge < -0.3 is 9.84 Å². The van der Waals surface area contributed by atoms with Crippen LogP contribution in [-0.2, 0) is 14.3 Å². The Morgan fingerprint density at radius 3 is 2.48 bits per heavy atom. The van der Waals surface area contributed by atoms with Crippen molar-refractivity contribution in [2.75, 3.05) is 6.61 Å². The molecule has 1 rings (SSSR count). The predicted molar refractivity (Wildman–Crippen MR) is 91.2 cm³/mol. The topological polar surface area (TPSA) is 63.6 Å². The second kappa shape index (κ2) is 9.62. The van der Waals surface area contributed by atoms with E-state index in [2.05, 4.69) is 13.5 Å². The summed E-state index contributed by atoms with van der Waals surface area (Å²) in [6.45, 7) is 7.67. The molecule has 1 aromatic rings. The van der Waals surface area contributed by atoms with E-state index in [1.165, 1.54) is 0 Å². The highest BCUT2D eigenvalue weighted by Gasteiger charge is 2.14. The van der Waals surface area contributed by atoms with E-state index in [0.29, 0.717) is 12.2 Å². The van der Waals surface area contributed by atoms with Gasteiger partial charge in [0.15, 0.2) is 0 Å². The van der Waals surface area contributed by atoms with Crippen molar-refractivity contribution in [3.63, 3.8) is 0 Å². The standard InChI is InChI=1S/C19H24O4/c1-4-5-6-17(13-23-19(22)14(2)3)16-10-7-15(8-11-16)9-12-18(20)21/h7-12,17H,2,4-6,13H2,1,3H3,(H,20,21). The van der Waals surface area contributed by atoms with Gasteiger partial charge in [0, 0.05) is 17.6 Å². The molecule has 0 aliphatic rings. The van der Waals surface area contributed by atoms with Crippen molar-refractivity contribution in [1.82, 2.24) is 0 Å². The highest BCUT2D eigenvalue weighted by Crippen LogP contribution is 2.23. The molecule has 0 aliphatic carbocycles. The molecule has 1 aromatic carbocycles. The number of hydrogen-bond acceptors (Lipinski definition) is 3. The van der Waals surface area contributed by atoms with E-state index in [1.807, 2.05) is 24.3 Å². The van der Waals surface area contributed by atoms with Gasteiger partial charge in [0.25, 0.3) is 0 Å². The van der Waals surface area contributed by atoms with Gasteiger partial charge in [-0.05, 0) is 30.5 Å². The molecule has 0 radical (unpaired) electrons. The molecule has 0 aliphatic heterocycles. The van der Waals surface area contributed by atoms with Gasteiger partial charge in [0.1, 0.15) is 0 Å². The SMILES string of the molecule is C=C(C)C(=O)OCC(CCCC)c1ccc(C=CC(=O)O)cc1. The maximum absolute atomic E-state index is 11.6. The highest BCUT2D eigenvalue weighted by molar-refractivity contribution is 5.87. The normalized spacial score (nSPS) is 12.1. The molecule has 0 spiro atoms. The predicted octanol–water partition coefficient (Wildman–Crippen LogP) is 4.18. The molecule has 0 bridgehead atoms. The number of aliphatic carboxylic acids is 1. The summed E-state index contributed by atoms with van der Waals surface area (Å²) in [5.74, 6) is -1.20. The van der Waals surface area contributed by atoms with Gasteiger partial charge in [-0.15, -0.1) is 0 Å². The number of ether oxygens (including phenoxy) is 1. The molecular weight excluding hydrogens is 292 g/mol. The first-order chi connectivity index (χ1) is 10.9. The van der Waals surface area contributed by atoms with Gasteiger partial charge in [-0.3, -0.25) is 0 Å². The van der Waals surface area contributed by atoms with Gasteiger partial charge in [-0.1, -0.05) is 50.6 Å². The van der Waals surface area contributed by atoms with E-state index in [9.17, 15) is 9.59 Å². The van der Waals surface area contributed by atoms with Crippen molar-refractivity contribution in [3.8, 4) is 0 Å². The molecule has 0 heterocycles. The van der Waals surface area contributed by atoms with Crippen molar-refractivity contribution >= 4 is 18.0 Å². The minimum absolute atomic E-state index is 0.135. The van der Waals surface area contributed by atoms with Crippen molar-refractivity contribution in [2.24, 2.45) is 0 Å². The summed E-state index contributed by atoms with van der Waals surface area (Å²) in [4.78, 5) is 22.1. The van der Waals surface area contributed by atoms with Gasteiger partial charge >= 0.3 is 11.9 Å². The number of carboxylic acid groups (broad SMARTS) is 1.